The van der Waals surface area contributed by atoms with Crippen LogP contribution >= 0.6 is 0 Å². The molecule has 2 saturated heterocycles. The van der Waals surface area contributed by atoms with Gasteiger partial charge in [0.2, 0.25) is 0 Å². The summed E-state index contributed by atoms with van der Waals surface area (Å²) in [6, 6.07) is 3.48. The number of amides is 2. The van der Waals surface area contributed by atoms with Crippen molar-refractivity contribution >= 4 is 17.5 Å². The van der Waals surface area contributed by atoms with Crippen LogP contribution in [-0.2, 0) is 14.3 Å². The summed E-state index contributed by atoms with van der Waals surface area (Å²) in [5.41, 5.74) is 0.887. The van der Waals surface area contributed by atoms with E-state index in [4.69, 9.17) is 9.47 Å². The van der Waals surface area contributed by atoms with Crippen molar-refractivity contribution in [3.8, 4) is 0 Å². The summed E-state index contributed by atoms with van der Waals surface area (Å²) < 4.78 is 10.8. The largest absolute Gasteiger partial charge is 0.383 e. The molecule has 8 nitrogen and oxygen atoms in total. The average molecular weight is 376 g/mol. The van der Waals surface area contributed by atoms with Gasteiger partial charge in [-0.3, -0.25) is 19.5 Å². The second kappa shape index (κ2) is 8.77. The number of hydrogen-bond donors (Lipinski definition) is 1. The molecule has 27 heavy (non-hydrogen) atoms. The number of likely N-dealkylation sites (N-methyl/N-ethyl adjacent to an activating group) is 1. The predicted octanol–water partition coefficient (Wildman–Crippen LogP) is 0.990. The van der Waals surface area contributed by atoms with E-state index in [2.05, 4.69) is 15.2 Å². The van der Waals surface area contributed by atoms with Crippen molar-refractivity contribution in [2.75, 3.05) is 45.7 Å². The quantitative estimate of drug-likeness (QED) is 0.825. The van der Waals surface area contributed by atoms with E-state index in [-0.39, 0.29) is 24.0 Å². The molecule has 1 aromatic rings. The van der Waals surface area contributed by atoms with Crippen molar-refractivity contribution in [1.82, 2.24) is 14.8 Å². The van der Waals surface area contributed by atoms with Gasteiger partial charge in [0, 0.05) is 38.6 Å². The molecule has 8 heteroatoms. The first-order valence-electron chi connectivity index (χ1n) is 9.38. The van der Waals surface area contributed by atoms with Gasteiger partial charge in [-0.05, 0) is 38.9 Å². The van der Waals surface area contributed by atoms with Gasteiger partial charge in [0.1, 0.15) is 11.8 Å². The van der Waals surface area contributed by atoms with Gasteiger partial charge in [0.05, 0.1) is 18.8 Å². The van der Waals surface area contributed by atoms with Gasteiger partial charge in [0.25, 0.3) is 11.8 Å². The van der Waals surface area contributed by atoms with Crippen molar-refractivity contribution in [2.24, 2.45) is 0 Å². The summed E-state index contributed by atoms with van der Waals surface area (Å²) in [5, 5.41) is 2.84. The normalized spacial score (nSPS) is 26.2. The molecule has 0 saturated carbocycles. The van der Waals surface area contributed by atoms with Crippen molar-refractivity contribution in [1.29, 1.82) is 0 Å². The highest BCUT2D eigenvalue weighted by atomic mass is 16.5. The van der Waals surface area contributed by atoms with E-state index in [1.54, 1.807) is 30.3 Å². The molecule has 0 aromatic carbocycles. The van der Waals surface area contributed by atoms with Crippen molar-refractivity contribution < 1.29 is 19.1 Å². The van der Waals surface area contributed by atoms with Crippen LogP contribution < -0.4 is 5.32 Å². The Morgan fingerprint density at radius 1 is 1.37 bits per heavy atom. The zero-order chi connectivity index (χ0) is 19.4. The lowest BCUT2D eigenvalue weighted by Gasteiger charge is -2.39. The van der Waals surface area contributed by atoms with Crippen molar-refractivity contribution in [2.45, 2.75) is 38.0 Å². The first kappa shape index (κ1) is 19.7. The molecule has 2 amide bonds. The standard InChI is InChI=1S/C19H28N4O4/c1-13-4-5-17(27-13)18(24)21-14-6-7-20-16(10-14)19(25)23-9-8-22(2)15(11-23)12-26-3/h6-7,10,13,15,17H,4-5,8-9,11-12H2,1-3H3,(H,20,21,24). The zero-order valence-corrected chi connectivity index (χ0v) is 16.2. The molecule has 0 radical (unpaired) electrons. The minimum absolute atomic E-state index is 0.104. The molecule has 3 heterocycles. The Morgan fingerprint density at radius 2 is 2.19 bits per heavy atom. The van der Waals surface area contributed by atoms with Crippen LogP contribution in [0.1, 0.15) is 30.3 Å². The number of carbonyl (C=O) groups excluding carboxylic acids is 2. The number of aromatic nitrogens is 1. The number of carbonyl (C=O) groups is 2. The number of pyridine rings is 1. The summed E-state index contributed by atoms with van der Waals surface area (Å²) >= 11 is 0. The molecule has 2 fully saturated rings. The number of nitrogens with one attached hydrogen (secondary N) is 1. The van der Waals surface area contributed by atoms with E-state index in [1.807, 2.05) is 14.0 Å². The molecule has 1 N–H and O–H groups in total. The van der Waals surface area contributed by atoms with Gasteiger partial charge in [-0.25, -0.2) is 0 Å². The van der Waals surface area contributed by atoms with Gasteiger partial charge < -0.3 is 19.7 Å². The molecule has 1 aromatic heterocycles. The number of methoxy groups -OCH3 is 1. The number of piperazine rings is 1. The average Bonchev–Trinajstić information content (AvgIpc) is 3.10. The maximum atomic E-state index is 12.9. The van der Waals surface area contributed by atoms with Gasteiger partial charge in [-0.2, -0.15) is 0 Å². The number of anilines is 1. The van der Waals surface area contributed by atoms with Crippen molar-refractivity contribution in [3.63, 3.8) is 0 Å². The fourth-order valence-electron chi connectivity index (χ4n) is 3.51. The summed E-state index contributed by atoms with van der Waals surface area (Å²) in [5.74, 6) is -0.310. The Morgan fingerprint density at radius 3 is 2.89 bits per heavy atom. The highest BCUT2D eigenvalue weighted by Crippen LogP contribution is 2.21. The number of nitrogens with zero attached hydrogens (tertiary/aromatic N) is 3. The molecule has 2 aliphatic rings. The topological polar surface area (TPSA) is 84.0 Å². The third-order valence-corrected chi connectivity index (χ3v) is 5.19. The fraction of sp³-hybridized carbons (Fsp3) is 0.632. The van der Waals surface area contributed by atoms with Crippen LogP contribution in [0.2, 0.25) is 0 Å². The van der Waals surface area contributed by atoms with Crippen LogP contribution in [0.15, 0.2) is 18.3 Å². The van der Waals surface area contributed by atoms with E-state index >= 15 is 0 Å². The molecule has 3 unspecified atom stereocenters. The first-order chi connectivity index (χ1) is 13.0. The lowest BCUT2D eigenvalue weighted by atomic mass is 10.1. The van der Waals surface area contributed by atoms with Crippen LogP contribution in [0, 0.1) is 0 Å². The molecule has 0 bridgehead atoms. The van der Waals surface area contributed by atoms with E-state index in [9.17, 15) is 9.59 Å². The second-order valence-corrected chi connectivity index (χ2v) is 7.27. The Kier molecular flexibility index (Phi) is 6.41. The van der Waals surface area contributed by atoms with Gasteiger partial charge in [-0.1, -0.05) is 0 Å². The summed E-state index contributed by atoms with van der Waals surface area (Å²) in [6.45, 7) is 4.55. The summed E-state index contributed by atoms with van der Waals surface area (Å²) in [7, 11) is 3.70. The number of hydrogen-bond acceptors (Lipinski definition) is 6. The maximum Gasteiger partial charge on any atom is 0.272 e. The van der Waals surface area contributed by atoms with Gasteiger partial charge >= 0.3 is 0 Å². The third kappa shape index (κ3) is 4.82. The first-order valence-corrected chi connectivity index (χ1v) is 9.38. The summed E-state index contributed by atoms with van der Waals surface area (Å²) in [4.78, 5) is 33.4. The lowest BCUT2D eigenvalue weighted by molar-refractivity contribution is -0.126. The molecular weight excluding hydrogens is 348 g/mol. The molecule has 148 valence electrons. The lowest BCUT2D eigenvalue weighted by Crippen LogP contribution is -2.54. The van der Waals surface area contributed by atoms with Gasteiger partial charge in [-0.15, -0.1) is 0 Å². The Hall–Kier alpha value is -2.03. The minimum atomic E-state index is -0.431. The molecule has 0 aliphatic carbocycles. The summed E-state index contributed by atoms with van der Waals surface area (Å²) in [6.07, 6.45) is 2.81. The highest BCUT2D eigenvalue weighted by Gasteiger charge is 2.30. The van der Waals surface area contributed by atoms with E-state index in [1.165, 1.54) is 0 Å². The maximum absolute atomic E-state index is 12.9. The van der Waals surface area contributed by atoms with Crippen LogP contribution in [-0.4, -0.2) is 85.2 Å². The van der Waals surface area contributed by atoms with Crippen LogP contribution in [0.25, 0.3) is 0 Å². The molecule has 3 atom stereocenters. The zero-order valence-electron chi connectivity index (χ0n) is 16.2. The van der Waals surface area contributed by atoms with E-state index in [0.29, 0.717) is 37.5 Å². The SMILES string of the molecule is COCC1CN(C(=O)c2cc(NC(=O)C3CCC(C)O3)ccn2)CCN1C. The predicted molar refractivity (Wildman–Crippen MR) is 101 cm³/mol. The molecule has 3 rings (SSSR count). The smallest absolute Gasteiger partial charge is 0.272 e. The highest BCUT2D eigenvalue weighted by molar-refractivity contribution is 5.97. The van der Waals surface area contributed by atoms with E-state index < -0.39 is 6.10 Å². The number of rotatable bonds is 5. The monoisotopic (exact) mass is 376 g/mol. The molecular formula is C19H28N4O4. The molecule has 0 spiro atoms. The van der Waals surface area contributed by atoms with Gasteiger partial charge in [0.15, 0.2) is 0 Å². The molecule has 2 aliphatic heterocycles. The Labute approximate surface area is 159 Å². The third-order valence-electron chi connectivity index (χ3n) is 5.19. The second-order valence-electron chi connectivity index (χ2n) is 7.27. The van der Waals surface area contributed by atoms with Crippen LogP contribution in [0.5, 0.6) is 0 Å². The number of ether oxygens (including phenoxy) is 2. The van der Waals surface area contributed by atoms with Crippen molar-refractivity contribution in [3.05, 3.63) is 24.0 Å². The Balaban J connectivity index is 1.64. The fourth-order valence-corrected chi connectivity index (χ4v) is 3.51. The van der Waals surface area contributed by atoms with Crippen LogP contribution in [0.3, 0.4) is 0 Å². The Bertz CT molecular complexity index is 683. The van der Waals surface area contributed by atoms with E-state index in [0.717, 1.165) is 13.0 Å². The minimum Gasteiger partial charge on any atom is -0.383 e. The van der Waals surface area contributed by atoms with Crippen LogP contribution in [0.4, 0.5) is 5.69 Å².